The maximum absolute atomic E-state index is 11.2. The van der Waals surface area contributed by atoms with E-state index in [0.717, 1.165) is 25.7 Å². The van der Waals surface area contributed by atoms with Crippen molar-refractivity contribution >= 4 is 21.2 Å². The van der Waals surface area contributed by atoms with Gasteiger partial charge in [-0.2, -0.15) is 0 Å². The van der Waals surface area contributed by atoms with Crippen molar-refractivity contribution in [1.29, 1.82) is 0 Å². The van der Waals surface area contributed by atoms with E-state index in [9.17, 15) is 8.42 Å². The number of sulfone groups is 1. The van der Waals surface area contributed by atoms with Crippen molar-refractivity contribution in [2.45, 2.75) is 58.0 Å². The summed E-state index contributed by atoms with van der Waals surface area (Å²) >= 11 is 1.82. The van der Waals surface area contributed by atoms with Gasteiger partial charge in [0.15, 0.2) is 0 Å². The van der Waals surface area contributed by atoms with Crippen LogP contribution >= 0.6 is 11.3 Å². The summed E-state index contributed by atoms with van der Waals surface area (Å²) in [4.78, 5) is 6.07. The predicted octanol–water partition coefficient (Wildman–Crippen LogP) is 2.50. The van der Waals surface area contributed by atoms with Crippen LogP contribution in [0.25, 0.3) is 0 Å². The van der Waals surface area contributed by atoms with Gasteiger partial charge in [0.25, 0.3) is 0 Å². The van der Waals surface area contributed by atoms with E-state index in [1.165, 1.54) is 21.8 Å². The standard InChI is InChI=1S/C14H24N2O2S2/c1-4-13-16-12-7-5-6-11(14(12)19-13)15-10(2)8-9-20(3,17)18/h10-11,15H,4-9H2,1-3H3. The highest BCUT2D eigenvalue weighted by atomic mass is 32.2. The average Bonchev–Trinajstić information content (AvgIpc) is 2.80. The largest absolute Gasteiger partial charge is 0.307 e. The van der Waals surface area contributed by atoms with E-state index in [-0.39, 0.29) is 11.8 Å². The summed E-state index contributed by atoms with van der Waals surface area (Å²) in [6, 6.07) is 0.568. The maximum Gasteiger partial charge on any atom is 0.147 e. The number of aromatic nitrogens is 1. The lowest BCUT2D eigenvalue weighted by molar-refractivity contribution is 0.406. The minimum absolute atomic E-state index is 0.216. The molecule has 0 radical (unpaired) electrons. The van der Waals surface area contributed by atoms with Crippen molar-refractivity contribution in [3.63, 3.8) is 0 Å². The molecule has 2 atom stereocenters. The quantitative estimate of drug-likeness (QED) is 0.876. The van der Waals surface area contributed by atoms with E-state index < -0.39 is 9.84 Å². The van der Waals surface area contributed by atoms with Gasteiger partial charge in [-0.3, -0.25) is 0 Å². The van der Waals surface area contributed by atoms with Gasteiger partial charge in [-0.05, 0) is 39.0 Å². The monoisotopic (exact) mass is 316 g/mol. The maximum atomic E-state index is 11.2. The molecule has 0 saturated heterocycles. The Morgan fingerprint density at radius 2 is 2.25 bits per heavy atom. The summed E-state index contributed by atoms with van der Waals surface area (Å²) in [6.45, 7) is 4.21. The van der Waals surface area contributed by atoms with Gasteiger partial charge in [0.1, 0.15) is 9.84 Å². The first-order chi connectivity index (χ1) is 9.39. The average molecular weight is 316 g/mol. The predicted molar refractivity (Wildman–Crippen MR) is 84.1 cm³/mol. The lowest BCUT2D eigenvalue weighted by Crippen LogP contribution is -2.33. The van der Waals surface area contributed by atoms with Gasteiger partial charge in [-0.1, -0.05) is 6.92 Å². The second-order valence-electron chi connectivity index (χ2n) is 5.70. The van der Waals surface area contributed by atoms with E-state index in [0.29, 0.717) is 12.5 Å². The van der Waals surface area contributed by atoms with Crippen LogP contribution in [-0.4, -0.2) is 31.5 Å². The Morgan fingerprint density at radius 3 is 2.90 bits per heavy atom. The van der Waals surface area contributed by atoms with Crippen LogP contribution in [0.2, 0.25) is 0 Å². The molecule has 0 saturated carbocycles. The van der Waals surface area contributed by atoms with Crippen LogP contribution in [0.4, 0.5) is 0 Å². The first-order valence-electron chi connectivity index (χ1n) is 7.31. The molecule has 0 fully saturated rings. The van der Waals surface area contributed by atoms with Crippen molar-refractivity contribution in [3.05, 3.63) is 15.6 Å². The minimum Gasteiger partial charge on any atom is -0.307 e. The molecular weight excluding hydrogens is 292 g/mol. The first kappa shape index (κ1) is 15.9. The third kappa shape index (κ3) is 4.27. The zero-order chi connectivity index (χ0) is 14.8. The molecule has 1 aromatic heterocycles. The Labute approximate surface area is 125 Å². The molecule has 0 spiro atoms. The molecular formula is C14H24N2O2S2. The normalized spacial score (nSPS) is 20.6. The number of fused-ring (bicyclic) bond motifs is 1. The third-order valence-electron chi connectivity index (χ3n) is 3.70. The fourth-order valence-corrected chi connectivity index (χ4v) is 4.53. The summed E-state index contributed by atoms with van der Waals surface area (Å²) in [6.07, 6.45) is 6.34. The van der Waals surface area contributed by atoms with E-state index in [1.807, 2.05) is 11.3 Å². The molecule has 0 aliphatic heterocycles. The number of rotatable bonds is 6. The van der Waals surface area contributed by atoms with Crippen molar-refractivity contribution in [1.82, 2.24) is 10.3 Å². The summed E-state index contributed by atoms with van der Waals surface area (Å²) in [7, 11) is -2.87. The van der Waals surface area contributed by atoms with Crippen LogP contribution in [0.5, 0.6) is 0 Å². The molecule has 0 aromatic carbocycles. The molecule has 2 unspecified atom stereocenters. The van der Waals surface area contributed by atoms with Gasteiger partial charge >= 0.3 is 0 Å². The molecule has 4 nitrogen and oxygen atoms in total. The second kappa shape index (κ2) is 6.54. The number of aryl methyl sites for hydroxylation is 2. The van der Waals surface area contributed by atoms with Crippen LogP contribution in [0.3, 0.4) is 0 Å². The van der Waals surface area contributed by atoms with E-state index in [1.54, 1.807) is 0 Å². The van der Waals surface area contributed by atoms with E-state index in [4.69, 9.17) is 4.98 Å². The lowest BCUT2D eigenvalue weighted by Gasteiger charge is -2.26. The van der Waals surface area contributed by atoms with Crippen LogP contribution in [0, 0.1) is 0 Å². The molecule has 0 bridgehead atoms. The van der Waals surface area contributed by atoms with Crippen molar-refractivity contribution in [2.75, 3.05) is 12.0 Å². The smallest absolute Gasteiger partial charge is 0.147 e. The SMILES string of the molecule is CCc1nc2c(s1)C(NC(C)CCS(C)(=O)=O)CCC2. The van der Waals surface area contributed by atoms with Gasteiger partial charge in [0, 0.05) is 23.2 Å². The number of nitrogens with zero attached hydrogens (tertiary/aromatic N) is 1. The summed E-state index contributed by atoms with van der Waals surface area (Å²) in [5.41, 5.74) is 1.26. The van der Waals surface area contributed by atoms with Gasteiger partial charge in [0.2, 0.25) is 0 Å². The molecule has 0 amide bonds. The first-order valence-corrected chi connectivity index (χ1v) is 10.2. The number of hydrogen-bond acceptors (Lipinski definition) is 5. The fraction of sp³-hybridized carbons (Fsp3) is 0.786. The molecule has 1 heterocycles. The van der Waals surface area contributed by atoms with Crippen molar-refractivity contribution < 1.29 is 8.42 Å². The zero-order valence-electron chi connectivity index (χ0n) is 12.5. The summed E-state index contributed by atoms with van der Waals surface area (Å²) in [5.74, 6) is 0.254. The van der Waals surface area contributed by atoms with Gasteiger partial charge in [0.05, 0.1) is 16.5 Å². The van der Waals surface area contributed by atoms with Crippen LogP contribution in [0.1, 0.15) is 54.7 Å². The van der Waals surface area contributed by atoms with Crippen LogP contribution in [0.15, 0.2) is 0 Å². The summed E-state index contributed by atoms with van der Waals surface area (Å²) < 4.78 is 22.5. The Morgan fingerprint density at radius 1 is 1.50 bits per heavy atom. The number of nitrogens with one attached hydrogen (secondary N) is 1. The third-order valence-corrected chi connectivity index (χ3v) is 6.04. The van der Waals surface area contributed by atoms with E-state index in [2.05, 4.69) is 19.2 Å². The van der Waals surface area contributed by atoms with Gasteiger partial charge in [-0.15, -0.1) is 11.3 Å². The minimum atomic E-state index is -2.87. The highest BCUT2D eigenvalue weighted by Crippen LogP contribution is 2.34. The summed E-state index contributed by atoms with van der Waals surface area (Å²) in [5, 5.41) is 4.81. The van der Waals surface area contributed by atoms with E-state index >= 15 is 0 Å². The highest BCUT2D eigenvalue weighted by molar-refractivity contribution is 7.90. The Bertz CT molecular complexity index is 552. The molecule has 1 aromatic rings. The van der Waals surface area contributed by atoms with Gasteiger partial charge in [-0.25, -0.2) is 13.4 Å². The number of thiazole rings is 1. The molecule has 1 aliphatic carbocycles. The molecule has 114 valence electrons. The molecule has 6 heteroatoms. The van der Waals surface area contributed by atoms with Gasteiger partial charge < -0.3 is 5.32 Å². The second-order valence-corrected chi connectivity index (χ2v) is 9.08. The van der Waals surface area contributed by atoms with Crippen LogP contribution in [-0.2, 0) is 22.7 Å². The fourth-order valence-electron chi connectivity index (χ4n) is 2.60. The molecule has 1 aliphatic rings. The Kier molecular flexibility index (Phi) is 5.20. The van der Waals surface area contributed by atoms with Crippen molar-refractivity contribution in [2.24, 2.45) is 0 Å². The Hall–Kier alpha value is -0.460. The topological polar surface area (TPSA) is 59.1 Å². The number of hydrogen-bond donors (Lipinski definition) is 1. The molecule has 1 N–H and O–H groups in total. The lowest BCUT2D eigenvalue weighted by atomic mass is 9.97. The highest BCUT2D eigenvalue weighted by Gasteiger charge is 2.25. The molecule has 20 heavy (non-hydrogen) atoms. The zero-order valence-corrected chi connectivity index (χ0v) is 14.1. The Balaban J connectivity index is 1.99. The van der Waals surface area contributed by atoms with Crippen LogP contribution < -0.4 is 5.32 Å². The van der Waals surface area contributed by atoms with Crippen molar-refractivity contribution in [3.8, 4) is 0 Å². The molecule has 2 rings (SSSR count).